The van der Waals surface area contributed by atoms with E-state index in [1.165, 1.54) is 24.5 Å². The van der Waals surface area contributed by atoms with Crippen molar-refractivity contribution in [2.45, 2.75) is 0 Å². The summed E-state index contributed by atoms with van der Waals surface area (Å²) in [6.45, 7) is 0. The van der Waals surface area contributed by atoms with Gasteiger partial charge in [0.05, 0.1) is 10.3 Å². The molecule has 0 fully saturated rings. The van der Waals surface area contributed by atoms with Crippen LogP contribution in [-0.4, -0.2) is 14.9 Å². The van der Waals surface area contributed by atoms with Crippen molar-refractivity contribution >= 4 is 16.6 Å². The van der Waals surface area contributed by atoms with Crippen LogP contribution in [0.2, 0.25) is 0 Å². The number of nitrogens with zero attached hydrogens (tertiary/aromatic N) is 4. The molecule has 0 spiro atoms. The first kappa shape index (κ1) is 13.5. The molecule has 7 nitrogen and oxygen atoms in total. The highest BCUT2D eigenvalue weighted by Gasteiger charge is 2.17. The molecule has 0 aliphatic carbocycles. The maximum atomic E-state index is 11.1. The Hall–Kier alpha value is -3.53. The van der Waals surface area contributed by atoms with Gasteiger partial charge >= 0.3 is 0 Å². The van der Waals surface area contributed by atoms with E-state index in [0.717, 1.165) is 0 Å². The van der Waals surface area contributed by atoms with Gasteiger partial charge in [-0.25, -0.2) is 4.98 Å². The average Bonchev–Trinajstić information content (AvgIpc) is 2.55. The summed E-state index contributed by atoms with van der Waals surface area (Å²) >= 11 is 0. The molecule has 0 unspecified atom stereocenters. The van der Waals surface area contributed by atoms with E-state index >= 15 is 0 Å². The second-order valence-electron chi connectivity index (χ2n) is 4.31. The number of aromatic nitrogens is 2. The van der Waals surface area contributed by atoms with Gasteiger partial charge in [0.1, 0.15) is 17.1 Å². The van der Waals surface area contributed by atoms with Crippen molar-refractivity contribution in [1.82, 2.24) is 9.97 Å². The molecule has 0 bridgehead atoms. The van der Waals surface area contributed by atoms with Crippen LogP contribution in [0.1, 0.15) is 5.56 Å². The Bertz CT molecular complexity index is 918. The van der Waals surface area contributed by atoms with E-state index in [0.29, 0.717) is 16.7 Å². The number of benzene rings is 1. The Morgan fingerprint density at radius 3 is 2.68 bits per heavy atom. The molecule has 2 aromatic heterocycles. The lowest BCUT2D eigenvalue weighted by molar-refractivity contribution is -0.383. The summed E-state index contributed by atoms with van der Waals surface area (Å²) in [6.07, 6.45) is 3.01. The van der Waals surface area contributed by atoms with E-state index in [2.05, 4.69) is 9.97 Å². The highest BCUT2D eigenvalue weighted by molar-refractivity contribution is 5.92. The first-order chi connectivity index (χ1) is 10.7. The number of hydrogen-bond donors (Lipinski definition) is 0. The minimum absolute atomic E-state index is 0.0584. The van der Waals surface area contributed by atoms with Gasteiger partial charge in [-0.2, -0.15) is 5.26 Å². The number of nitriles is 1. The Labute approximate surface area is 124 Å². The number of pyridine rings is 2. The lowest BCUT2D eigenvalue weighted by Crippen LogP contribution is -1.95. The lowest BCUT2D eigenvalue weighted by Gasteiger charge is -2.08. The summed E-state index contributed by atoms with van der Waals surface area (Å²) < 4.78 is 5.63. The normalized spacial score (nSPS) is 10.1. The molecule has 0 radical (unpaired) electrons. The van der Waals surface area contributed by atoms with Crippen LogP contribution in [0.4, 0.5) is 5.69 Å². The van der Waals surface area contributed by atoms with Crippen LogP contribution in [-0.2, 0) is 0 Å². The van der Waals surface area contributed by atoms with Gasteiger partial charge in [-0.15, -0.1) is 0 Å². The smallest absolute Gasteiger partial charge is 0.279 e. The summed E-state index contributed by atoms with van der Waals surface area (Å²) in [5, 5.41) is 20.5. The van der Waals surface area contributed by atoms with Gasteiger partial charge in [0.25, 0.3) is 5.69 Å². The Balaban J connectivity index is 2.15. The molecule has 3 rings (SSSR count). The lowest BCUT2D eigenvalue weighted by atomic mass is 10.1. The third kappa shape index (κ3) is 2.29. The van der Waals surface area contributed by atoms with Crippen molar-refractivity contribution < 1.29 is 9.66 Å². The van der Waals surface area contributed by atoms with Gasteiger partial charge in [-0.05, 0) is 30.3 Å². The van der Waals surface area contributed by atoms with Crippen molar-refractivity contribution in [3.63, 3.8) is 0 Å². The fourth-order valence-electron chi connectivity index (χ4n) is 2.03. The fourth-order valence-corrected chi connectivity index (χ4v) is 2.03. The standard InChI is InChI=1S/C15H8N4O3/c16-9-10-3-1-8-18-15(10)22-13-6-5-12(19(20)21)11-4-2-7-17-14(11)13/h1-8H. The zero-order valence-electron chi connectivity index (χ0n) is 11.1. The Kier molecular flexibility index (Phi) is 3.34. The van der Waals surface area contributed by atoms with E-state index in [1.54, 1.807) is 24.3 Å². The van der Waals surface area contributed by atoms with Crippen molar-refractivity contribution in [2.24, 2.45) is 0 Å². The zero-order chi connectivity index (χ0) is 15.5. The molecule has 0 amide bonds. The minimum Gasteiger partial charge on any atom is -0.435 e. The van der Waals surface area contributed by atoms with Crippen molar-refractivity contribution in [1.29, 1.82) is 5.26 Å². The number of nitro benzene ring substituents is 1. The molecule has 3 aromatic rings. The van der Waals surface area contributed by atoms with E-state index in [4.69, 9.17) is 10.00 Å². The van der Waals surface area contributed by atoms with Gasteiger partial charge < -0.3 is 4.74 Å². The summed E-state index contributed by atoms with van der Waals surface area (Å²) in [7, 11) is 0. The summed E-state index contributed by atoms with van der Waals surface area (Å²) in [6, 6.07) is 11.2. The predicted octanol–water partition coefficient (Wildman–Crippen LogP) is 3.20. The summed E-state index contributed by atoms with van der Waals surface area (Å²) in [4.78, 5) is 18.7. The monoisotopic (exact) mass is 292 g/mol. The summed E-state index contributed by atoms with van der Waals surface area (Å²) in [5.41, 5.74) is 0.549. The maximum Gasteiger partial charge on any atom is 0.279 e. The van der Waals surface area contributed by atoms with Gasteiger partial charge in [-0.3, -0.25) is 15.1 Å². The largest absolute Gasteiger partial charge is 0.435 e. The van der Waals surface area contributed by atoms with Crippen LogP contribution < -0.4 is 4.74 Å². The van der Waals surface area contributed by atoms with Crippen LogP contribution in [0.15, 0.2) is 48.8 Å². The molecule has 1 aromatic carbocycles. The quantitative estimate of drug-likeness (QED) is 0.542. The van der Waals surface area contributed by atoms with E-state index in [9.17, 15) is 10.1 Å². The third-order valence-corrected chi connectivity index (χ3v) is 3.00. The van der Waals surface area contributed by atoms with Crippen LogP contribution >= 0.6 is 0 Å². The second-order valence-corrected chi connectivity index (χ2v) is 4.31. The molecular weight excluding hydrogens is 284 g/mol. The van der Waals surface area contributed by atoms with E-state index < -0.39 is 4.92 Å². The molecule has 0 saturated carbocycles. The van der Waals surface area contributed by atoms with Gasteiger partial charge in [0.15, 0.2) is 5.75 Å². The van der Waals surface area contributed by atoms with Crippen molar-refractivity contribution in [2.75, 3.05) is 0 Å². The van der Waals surface area contributed by atoms with Crippen LogP contribution in [0, 0.1) is 21.4 Å². The molecular formula is C15H8N4O3. The van der Waals surface area contributed by atoms with Crippen LogP contribution in [0.5, 0.6) is 11.6 Å². The second kappa shape index (κ2) is 5.46. The molecule has 0 saturated heterocycles. The van der Waals surface area contributed by atoms with E-state index in [1.807, 2.05) is 6.07 Å². The molecule has 22 heavy (non-hydrogen) atoms. The number of fused-ring (bicyclic) bond motifs is 1. The number of rotatable bonds is 3. The van der Waals surface area contributed by atoms with Crippen molar-refractivity contribution in [3.8, 4) is 17.7 Å². The Morgan fingerprint density at radius 2 is 1.91 bits per heavy atom. The molecule has 7 heteroatoms. The third-order valence-electron chi connectivity index (χ3n) is 3.00. The Morgan fingerprint density at radius 1 is 1.14 bits per heavy atom. The average molecular weight is 292 g/mol. The number of ether oxygens (including phenoxy) is 1. The number of hydrogen-bond acceptors (Lipinski definition) is 6. The highest BCUT2D eigenvalue weighted by Crippen LogP contribution is 2.33. The molecule has 0 aliphatic heterocycles. The van der Waals surface area contributed by atoms with E-state index in [-0.39, 0.29) is 17.1 Å². The fraction of sp³-hybridized carbons (Fsp3) is 0. The van der Waals surface area contributed by atoms with Crippen molar-refractivity contribution in [3.05, 3.63) is 64.5 Å². The zero-order valence-corrected chi connectivity index (χ0v) is 11.1. The molecule has 2 heterocycles. The molecule has 0 aliphatic rings. The molecule has 0 atom stereocenters. The van der Waals surface area contributed by atoms with Gasteiger partial charge in [0.2, 0.25) is 5.88 Å². The topological polar surface area (TPSA) is 102 Å². The first-order valence-corrected chi connectivity index (χ1v) is 6.26. The highest BCUT2D eigenvalue weighted by atomic mass is 16.6. The van der Waals surface area contributed by atoms with Crippen LogP contribution in [0.3, 0.4) is 0 Å². The summed E-state index contributed by atoms with van der Waals surface area (Å²) in [5.74, 6) is 0.433. The van der Waals surface area contributed by atoms with Gasteiger partial charge in [-0.1, -0.05) is 0 Å². The molecule has 0 N–H and O–H groups in total. The van der Waals surface area contributed by atoms with Crippen LogP contribution in [0.25, 0.3) is 10.9 Å². The molecule has 106 valence electrons. The minimum atomic E-state index is -0.477. The number of nitro groups is 1. The maximum absolute atomic E-state index is 11.1. The SMILES string of the molecule is N#Cc1cccnc1Oc1ccc([N+](=O)[O-])c2cccnc12. The predicted molar refractivity (Wildman–Crippen MR) is 77.4 cm³/mol. The number of non-ortho nitro benzene ring substituents is 1. The first-order valence-electron chi connectivity index (χ1n) is 6.26. The van der Waals surface area contributed by atoms with Gasteiger partial charge in [0, 0.05) is 18.5 Å².